The van der Waals surface area contributed by atoms with Gasteiger partial charge in [0.25, 0.3) is 0 Å². The molecule has 0 aromatic heterocycles. The number of carbonyl (C=O) groups excluding carboxylic acids is 2. The molecule has 1 saturated heterocycles. The molecule has 2 aliphatic heterocycles. The first-order valence-corrected chi connectivity index (χ1v) is 9.43. The van der Waals surface area contributed by atoms with Crippen LogP contribution in [0.1, 0.15) is 24.8 Å². The Kier molecular flexibility index (Phi) is 6.84. The van der Waals surface area contributed by atoms with Crippen LogP contribution in [0.25, 0.3) is 0 Å². The number of likely N-dealkylation sites (tertiary alicyclic amines) is 1. The third-order valence-corrected chi connectivity index (χ3v) is 4.85. The van der Waals surface area contributed by atoms with Gasteiger partial charge in [-0.2, -0.15) is 0 Å². The third kappa shape index (κ3) is 5.45. The molecule has 2 heterocycles. The Hall–Kier alpha value is -3.09. The van der Waals surface area contributed by atoms with Gasteiger partial charge in [-0.25, -0.2) is 9.79 Å². The molecule has 0 radical (unpaired) electrons. The summed E-state index contributed by atoms with van der Waals surface area (Å²) in [6, 6.07) is 9.63. The Morgan fingerprint density at radius 3 is 2.71 bits per heavy atom. The van der Waals surface area contributed by atoms with Crippen LogP contribution in [0.4, 0.5) is 4.79 Å². The summed E-state index contributed by atoms with van der Waals surface area (Å²) in [6.07, 6.45) is 4.59. The van der Waals surface area contributed by atoms with Crippen LogP contribution in [0.15, 0.2) is 59.9 Å². The van der Waals surface area contributed by atoms with E-state index < -0.39 is 0 Å². The summed E-state index contributed by atoms with van der Waals surface area (Å²) in [5.74, 6) is 0.688. The van der Waals surface area contributed by atoms with E-state index in [1.807, 2.05) is 30.3 Å². The van der Waals surface area contributed by atoms with Gasteiger partial charge >= 0.3 is 6.09 Å². The highest BCUT2D eigenvalue weighted by Gasteiger charge is 2.25. The van der Waals surface area contributed by atoms with E-state index in [-0.39, 0.29) is 18.6 Å². The molecule has 7 nitrogen and oxygen atoms in total. The first-order valence-electron chi connectivity index (χ1n) is 9.43. The molecule has 2 aliphatic rings. The molecule has 148 valence electrons. The van der Waals surface area contributed by atoms with Crippen molar-refractivity contribution >= 4 is 17.9 Å². The van der Waals surface area contributed by atoms with Crippen molar-refractivity contribution < 1.29 is 19.1 Å². The lowest BCUT2D eigenvalue weighted by molar-refractivity contribution is -0.117. The highest BCUT2D eigenvalue weighted by Crippen LogP contribution is 2.18. The smallest absolute Gasteiger partial charge is 0.410 e. The number of hydrogen-bond donors (Lipinski definition) is 1. The number of rotatable bonds is 6. The Balaban J connectivity index is 1.33. The molecule has 0 bridgehead atoms. The van der Waals surface area contributed by atoms with Crippen molar-refractivity contribution in [3.8, 4) is 0 Å². The number of piperidine rings is 1. The van der Waals surface area contributed by atoms with Crippen LogP contribution in [-0.4, -0.2) is 42.4 Å². The molecule has 2 amide bonds. The molecule has 0 aliphatic carbocycles. The second-order valence-electron chi connectivity index (χ2n) is 6.82. The largest absolute Gasteiger partial charge is 0.451 e. The molecule has 3 rings (SSSR count). The molecule has 0 unspecified atom stereocenters. The fourth-order valence-corrected chi connectivity index (χ4v) is 3.19. The van der Waals surface area contributed by atoms with Gasteiger partial charge in [0.15, 0.2) is 5.90 Å². The molecule has 0 atom stereocenters. The fraction of sp³-hybridized carbons (Fsp3) is 0.381. The normalized spacial score (nSPS) is 16.8. The van der Waals surface area contributed by atoms with Crippen molar-refractivity contribution in [3.05, 3.63) is 60.5 Å². The first kappa shape index (κ1) is 19.7. The van der Waals surface area contributed by atoms with E-state index in [0.29, 0.717) is 43.4 Å². The zero-order valence-electron chi connectivity index (χ0n) is 15.8. The lowest BCUT2D eigenvalue weighted by Crippen LogP contribution is -2.41. The zero-order valence-corrected chi connectivity index (χ0v) is 15.8. The van der Waals surface area contributed by atoms with Gasteiger partial charge in [-0.1, -0.05) is 36.9 Å². The summed E-state index contributed by atoms with van der Waals surface area (Å²) >= 11 is 0. The van der Waals surface area contributed by atoms with Gasteiger partial charge in [0.05, 0.1) is 12.7 Å². The van der Waals surface area contributed by atoms with E-state index in [4.69, 9.17) is 9.47 Å². The van der Waals surface area contributed by atoms with Crippen LogP contribution in [0, 0.1) is 5.92 Å². The summed E-state index contributed by atoms with van der Waals surface area (Å²) < 4.78 is 10.5. The molecule has 1 aromatic carbocycles. The predicted octanol–water partition coefficient (Wildman–Crippen LogP) is 3.00. The summed E-state index contributed by atoms with van der Waals surface area (Å²) in [5.41, 5.74) is 1.55. The number of ether oxygens (including phenoxy) is 2. The maximum absolute atomic E-state index is 12.2. The molecule has 0 spiro atoms. The van der Waals surface area contributed by atoms with E-state index in [9.17, 15) is 9.59 Å². The van der Waals surface area contributed by atoms with E-state index in [1.54, 1.807) is 4.90 Å². The minimum absolute atomic E-state index is 0.129. The van der Waals surface area contributed by atoms with E-state index >= 15 is 0 Å². The quantitative estimate of drug-likeness (QED) is 0.766. The number of nitrogens with one attached hydrogen (secondary N) is 1. The molecule has 1 aromatic rings. The second-order valence-corrected chi connectivity index (χ2v) is 6.82. The van der Waals surface area contributed by atoms with Gasteiger partial charge in [-0.15, -0.1) is 0 Å². The van der Waals surface area contributed by atoms with Gasteiger partial charge in [-0.05, 0) is 24.3 Å². The lowest BCUT2D eigenvalue weighted by atomic mass is 9.97. The van der Waals surface area contributed by atoms with Crippen LogP contribution in [0.3, 0.4) is 0 Å². The van der Waals surface area contributed by atoms with Crippen molar-refractivity contribution in [3.63, 3.8) is 0 Å². The van der Waals surface area contributed by atoms with Crippen molar-refractivity contribution in [1.82, 2.24) is 10.2 Å². The molecule has 1 fully saturated rings. The number of carbonyl (C=O) groups is 2. The van der Waals surface area contributed by atoms with Gasteiger partial charge in [-0.3, -0.25) is 4.79 Å². The zero-order chi connectivity index (χ0) is 19.8. The number of amides is 2. The highest BCUT2D eigenvalue weighted by molar-refractivity contribution is 6.01. The van der Waals surface area contributed by atoms with Crippen molar-refractivity contribution in [2.75, 3.05) is 19.6 Å². The maximum Gasteiger partial charge on any atom is 0.410 e. The van der Waals surface area contributed by atoms with Crippen LogP contribution < -0.4 is 5.32 Å². The van der Waals surface area contributed by atoms with Gasteiger partial charge in [0.2, 0.25) is 5.91 Å². The van der Waals surface area contributed by atoms with Crippen molar-refractivity contribution in [2.24, 2.45) is 10.9 Å². The Labute approximate surface area is 164 Å². The van der Waals surface area contributed by atoms with E-state index in [2.05, 4.69) is 16.9 Å². The average Bonchev–Trinajstić information content (AvgIpc) is 3.20. The van der Waals surface area contributed by atoms with Gasteiger partial charge in [0.1, 0.15) is 6.61 Å². The Morgan fingerprint density at radius 1 is 1.25 bits per heavy atom. The Bertz CT molecular complexity index is 765. The van der Waals surface area contributed by atoms with E-state index in [0.717, 1.165) is 18.4 Å². The minimum Gasteiger partial charge on any atom is -0.451 e. The van der Waals surface area contributed by atoms with Crippen molar-refractivity contribution in [1.29, 1.82) is 0 Å². The van der Waals surface area contributed by atoms with E-state index in [1.165, 1.54) is 12.5 Å². The second kappa shape index (κ2) is 9.73. The molecular formula is C21H25N3O4. The average molecular weight is 383 g/mol. The topological polar surface area (TPSA) is 80.2 Å². The molecule has 28 heavy (non-hydrogen) atoms. The van der Waals surface area contributed by atoms with Crippen LogP contribution in [0.2, 0.25) is 0 Å². The molecule has 1 N–H and O–H groups in total. The van der Waals surface area contributed by atoms with Gasteiger partial charge in [0, 0.05) is 31.4 Å². The molecule has 7 heteroatoms. The summed E-state index contributed by atoms with van der Waals surface area (Å²) in [7, 11) is 0. The molecule has 0 saturated carbocycles. The predicted molar refractivity (Wildman–Crippen MR) is 105 cm³/mol. The number of nitrogens with zero attached hydrogens (tertiary/aromatic N) is 2. The first-order chi connectivity index (χ1) is 13.7. The van der Waals surface area contributed by atoms with Crippen LogP contribution in [0.5, 0.6) is 0 Å². The summed E-state index contributed by atoms with van der Waals surface area (Å²) in [4.78, 5) is 30.2. The third-order valence-electron chi connectivity index (χ3n) is 4.85. The minimum atomic E-state index is -0.283. The molecular weight excluding hydrogens is 358 g/mol. The number of benzene rings is 1. The fourth-order valence-electron chi connectivity index (χ4n) is 3.19. The van der Waals surface area contributed by atoms with Gasteiger partial charge < -0.3 is 19.7 Å². The summed E-state index contributed by atoms with van der Waals surface area (Å²) in [6.45, 7) is 5.61. The standard InChI is InChI=1S/C21H25N3O4/c1-2-27-19-12-18(14-22-19)20(25)23-13-16-8-10-24(11-9-16)21(26)28-15-17-6-4-3-5-7-17/h2-7,14,16H,1,8-13,15H2,(H,23,25). The van der Waals surface area contributed by atoms with Crippen molar-refractivity contribution in [2.45, 2.75) is 25.9 Å². The highest BCUT2D eigenvalue weighted by atomic mass is 16.6. The monoisotopic (exact) mass is 383 g/mol. The van der Waals surface area contributed by atoms with Crippen LogP contribution in [-0.2, 0) is 20.9 Å². The number of aliphatic imine (C=N–C) groups is 1. The maximum atomic E-state index is 12.2. The SMILES string of the molecule is C=COC1=NC=C(C(=O)NCC2CCN(C(=O)OCc3ccccc3)CC2)C1. The van der Waals surface area contributed by atoms with Crippen LogP contribution >= 0.6 is 0 Å². The lowest BCUT2D eigenvalue weighted by Gasteiger charge is -2.31. The Morgan fingerprint density at radius 2 is 2.00 bits per heavy atom. The summed E-state index contributed by atoms with van der Waals surface area (Å²) in [5, 5.41) is 2.95. The number of hydrogen-bond acceptors (Lipinski definition) is 5.